The van der Waals surface area contributed by atoms with Gasteiger partial charge in [-0.3, -0.25) is 4.99 Å². The standard InChI is InChI=1S/C17H31N/c1-8-9-10-13-11-14(16(2,3)4)15(18-12-13)17(5,6)7/h12-13H,8-11H2,1-7H3. The first-order valence-electron chi connectivity index (χ1n) is 7.44. The van der Waals surface area contributed by atoms with E-state index in [9.17, 15) is 0 Å². The van der Waals surface area contributed by atoms with E-state index in [4.69, 9.17) is 4.99 Å². The van der Waals surface area contributed by atoms with Crippen LogP contribution in [0.25, 0.3) is 0 Å². The van der Waals surface area contributed by atoms with E-state index in [-0.39, 0.29) is 10.8 Å². The smallest absolute Gasteiger partial charge is 0.0450 e. The fraction of sp³-hybridized carbons (Fsp3) is 0.824. The first-order chi connectivity index (χ1) is 8.16. The zero-order chi connectivity index (χ0) is 14.0. The van der Waals surface area contributed by atoms with Gasteiger partial charge in [-0.1, -0.05) is 61.3 Å². The van der Waals surface area contributed by atoms with Crippen molar-refractivity contribution in [2.24, 2.45) is 21.7 Å². The van der Waals surface area contributed by atoms with Crippen molar-refractivity contribution in [1.29, 1.82) is 0 Å². The van der Waals surface area contributed by atoms with Gasteiger partial charge in [0.1, 0.15) is 0 Å². The van der Waals surface area contributed by atoms with Crippen molar-refractivity contribution >= 4 is 6.21 Å². The number of aliphatic imine (C=N–C) groups is 1. The maximum Gasteiger partial charge on any atom is 0.0450 e. The Hall–Kier alpha value is -0.590. The fourth-order valence-corrected chi connectivity index (χ4v) is 2.62. The van der Waals surface area contributed by atoms with Crippen LogP contribution in [-0.4, -0.2) is 6.21 Å². The largest absolute Gasteiger partial charge is 0.265 e. The molecule has 1 aliphatic heterocycles. The highest BCUT2D eigenvalue weighted by atomic mass is 14.8. The molecule has 1 heterocycles. The van der Waals surface area contributed by atoms with Crippen LogP contribution in [0.4, 0.5) is 0 Å². The highest BCUT2D eigenvalue weighted by Crippen LogP contribution is 2.42. The summed E-state index contributed by atoms with van der Waals surface area (Å²) in [5.74, 6) is 0.658. The van der Waals surface area contributed by atoms with Gasteiger partial charge in [0.25, 0.3) is 0 Å². The quantitative estimate of drug-likeness (QED) is 0.616. The maximum absolute atomic E-state index is 4.84. The van der Waals surface area contributed by atoms with E-state index in [1.165, 1.54) is 31.4 Å². The second-order valence-corrected chi connectivity index (χ2v) is 7.71. The zero-order valence-electron chi connectivity index (χ0n) is 13.4. The van der Waals surface area contributed by atoms with Crippen molar-refractivity contribution in [3.05, 3.63) is 11.3 Å². The van der Waals surface area contributed by atoms with Gasteiger partial charge in [0.15, 0.2) is 0 Å². The van der Waals surface area contributed by atoms with Crippen molar-refractivity contribution in [3.8, 4) is 0 Å². The molecule has 0 fully saturated rings. The molecule has 0 aromatic carbocycles. The molecule has 0 saturated heterocycles. The summed E-state index contributed by atoms with van der Waals surface area (Å²) in [6.45, 7) is 16.1. The Bertz CT molecular complexity index is 334. The second kappa shape index (κ2) is 5.59. The molecule has 0 aliphatic carbocycles. The Morgan fingerprint density at radius 2 is 1.72 bits per heavy atom. The lowest BCUT2D eigenvalue weighted by Crippen LogP contribution is -2.24. The van der Waals surface area contributed by atoms with Gasteiger partial charge in [0, 0.05) is 17.3 Å². The predicted molar refractivity (Wildman–Crippen MR) is 82.1 cm³/mol. The molecule has 0 bridgehead atoms. The minimum absolute atomic E-state index is 0.162. The highest BCUT2D eigenvalue weighted by molar-refractivity contribution is 5.65. The first-order valence-corrected chi connectivity index (χ1v) is 7.44. The van der Waals surface area contributed by atoms with E-state index in [1.807, 2.05) is 0 Å². The zero-order valence-corrected chi connectivity index (χ0v) is 13.4. The number of unbranched alkanes of at least 4 members (excludes halogenated alkanes) is 1. The van der Waals surface area contributed by atoms with Crippen LogP contribution in [0.1, 0.15) is 74.1 Å². The molecule has 0 N–H and O–H groups in total. The Morgan fingerprint density at radius 3 is 2.17 bits per heavy atom. The van der Waals surface area contributed by atoms with E-state index in [0.29, 0.717) is 5.92 Å². The number of hydrogen-bond acceptors (Lipinski definition) is 1. The van der Waals surface area contributed by atoms with Crippen LogP contribution < -0.4 is 0 Å². The number of nitrogens with zero attached hydrogens (tertiary/aromatic N) is 1. The van der Waals surface area contributed by atoms with Crippen LogP contribution in [0.2, 0.25) is 0 Å². The highest BCUT2D eigenvalue weighted by Gasteiger charge is 2.31. The lowest BCUT2D eigenvalue weighted by molar-refractivity contribution is 0.401. The molecule has 1 nitrogen and oxygen atoms in total. The van der Waals surface area contributed by atoms with E-state index < -0.39 is 0 Å². The molecule has 0 aromatic heterocycles. The Kier molecular flexibility index (Phi) is 4.80. The second-order valence-electron chi connectivity index (χ2n) is 7.71. The Balaban J connectivity index is 2.98. The lowest BCUT2D eigenvalue weighted by atomic mass is 9.73. The van der Waals surface area contributed by atoms with Crippen molar-refractivity contribution in [1.82, 2.24) is 0 Å². The Morgan fingerprint density at radius 1 is 1.11 bits per heavy atom. The number of rotatable bonds is 3. The molecule has 18 heavy (non-hydrogen) atoms. The van der Waals surface area contributed by atoms with Crippen molar-refractivity contribution in [3.63, 3.8) is 0 Å². The Labute approximate surface area is 114 Å². The summed E-state index contributed by atoms with van der Waals surface area (Å²) in [7, 11) is 0. The third kappa shape index (κ3) is 3.96. The summed E-state index contributed by atoms with van der Waals surface area (Å²) in [6.07, 6.45) is 7.31. The third-order valence-electron chi connectivity index (χ3n) is 3.71. The molecule has 1 aliphatic rings. The van der Waals surface area contributed by atoms with Crippen LogP contribution in [-0.2, 0) is 0 Å². The van der Waals surface area contributed by atoms with Gasteiger partial charge in [-0.15, -0.1) is 0 Å². The number of allylic oxidation sites excluding steroid dienone is 2. The molecule has 1 rings (SSSR count). The average Bonchev–Trinajstić information content (AvgIpc) is 2.23. The summed E-state index contributed by atoms with van der Waals surface area (Å²) in [5.41, 5.74) is 3.29. The minimum atomic E-state index is 0.162. The van der Waals surface area contributed by atoms with Crippen LogP contribution in [0.3, 0.4) is 0 Å². The van der Waals surface area contributed by atoms with E-state index in [1.54, 1.807) is 5.57 Å². The van der Waals surface area contributed by atoms with Crippen molar-refractivity contribution in [2.75, 3.05) is 0 Å². The van der Waals surface area contributed by atoms with Gasteiger partial charge in [0.2, 0.25) is 0 Å². The van der Waals surface area contributed by atoms with Crippen molar-refractivity contribution < 1.29 is 0 Å². The molecule has 104 valence electrons. The molecule has 0 radical (unpaired) electrons. The molecule has 0 spiro atoms. The third-order valence-corrected chi connectivity index (χ3v) is 3.71. The number of hydrogen-bond donors (Lipinski definition) is 0. The SMILES string of the molecule is CCCCC1C=NC(C(C)(C)C)=C(C(C)(C)C)C1. The first kappa shape index (κ1) is 15.5. The summed E-state index contributed by atoms with van der Waals surface area (Å²) in [6, 6.07) is 0. The minimum Gasteiger partial charge on any atom is -0.265 e. The van der Waals surface area contributed by atoms with Gasteiger partial charge in [0.05, 0.1) is 0 Å². The molecule has 1 heteroatoms. The molecular formula is C17H31N. The molecule has 0 aromatic rings. The predicted octanol–water partition coefficient (Wildman–Crippen LogP) is 5.61. The average molecular weight is 249 g/mol. The van der Waals surface area contributed by atoms with Gasteiger partial charge in [-0.05, 0) is 29.7 Å². The topological polar surface area (TPSA) is 12.4 Å². The summed E-state index contributed by atoms with van der Waals surface area (Å²) in [4.78, 5) is 4.84. The molecular weight excluding hydrogens is 218 g/mol. The molecule has 0 amide bonds. The fourth-order valence-electron chi connectivity index (χ4n) is 2.62. The molecule has 1 atom stereocenters. The van der Waals surface area contributed by atoms with Gasteiger partial charge >= 0.3 is 0 Å². The monoisotopic (exact) mass is 249 g/mol. The molecule has 1 unspecified atom stereocenters. The van der Waals surface area contributed by atoms with Crippen LogP contribution in [0.5, 0.6) is 0 Å². The maximum atomic E-state index is 4.84. The lowest BCUT2D eigenvalue weighted by Gasteiger charge is -2.35. The van der Waals surface area contributed by atoms with Crippen LogP contribution >= 0.6 is 0 Å². The van der Waals surface area contributed by atoms with Gasteiger partial charge in [-0.2, -0.15) is 0 Å². The van der Waals surface area contributed by atoms with E-state index in [0.717, 1.165) is 0 Å². The van der Waals surface area contributed by atoms with Crippen molar-refractivity contribution in [2.45, 2.75) is 74.1 Å². The van der Waals surface area contributed by atoms with Gasteiger partial charge < -0.3 is 0 Å². The molecule has 0 saturated carbocycles. The van der Waals surface area contributed by atoms with E-state index >= 15 is 0 Å². The van der Waals surface area contributed by atoms with Crippen LogP contribution in [0.15, 0.2) is 16.3 Å². The summed E-state index contributed by atoms with van der Waals surface area (Å²) < 4.78 is 0. The summed E-state index contributed by atoms with van der Waals surface area (Å²) >= 11 is 0. The summed E-state index contributed by atoms with van der Waals surface area (Å²) in [5, 5.41) is 0. The van der Waals surface area contributed by atoms with E-state index in [2.05, 4.69) is 54.7 Å². The normalized spacial score (nSPS) is 21.6. The van der Waals surface area contributed by atoms with Gasteiger partial charge in [-0.25, -0.2) is 0 Å². The van der Waals surface area contributed by atoms with Crippen LogP contribution in [0, 0.1) is 16.7 Å².